The summed E-state index contributed by atoms with van der Waals surface area (Å²) in [6, 6.07) is 16.7. The molecule has 0 unspecified atom stereocenters. The Morgan fingerprint density at radius 2 is 1.90 bits per heavy atom. The number of aromatic nitrogens is 2. The Balaban J connectivity index is 0.00000300. The number of pyridine rings is 1. The highest BCUT2D eigenvalue weighted by atomic mass is 127. The lowest BCUT2D eigenvalue weighted by Gasteiger charge is -2.13. The SMILES string of the molecule is CCNC(=NCc1cccc(N(C)C)n1)NCCCn1ccc2ccccc21.I. The topological polar surface area (TPSA) is 57.5 Å². The van der Waals surface area contributed by atoms with Crippen LogP contribution < -0.4 is 15.5 Å². The van der Waals surface area contributed by atoms with Crippen molar-refractivity contribution < 1.29 is 0 Å². The van der Waals surface area contributed by atoms with Gasteiger partial charge in [-0.25, -0.2) is 9.98 Å². The van der Waals surface area contributed by atoms with Gasteiger partial charge in [0.2, 0.25) is 0 Å². The fraction of sp³-hybridized carbons (Fsp3) is 0.364. The fourth-order valence-electron chi connectivity index (χ4n) is 3.10. The summed E-state index contributed by atoms with van der Waals surface area (Å²) in [6.45, 7) is 5.31. The molecule has 1 aromatic carbocycles. The number of anilines is 1. The van der Waals surface area contributed by atoms with Gasteiger partial charge in [-0.05, 0) is 43.0 Å². The molecule has 0 bridgehead atoms. The summed E-state index contributed by atoms with van der Waals surface area (Å²) in [6.07, 6.45) is 3.19. The van der Waals surface area contributed by atoms with Crippen LogP contribution in [-0.4, -0.2) is 42.7 Å². The molecule has 3 rings (SSSR count). The van der Waals surface area contributed by atoms with Crippen molar-refractivity contribution in [2.75, 3.05) is 32.1 Å². The van der Waals surface area contributed by atoms with Crippen LogP contribution in [0.5, 0.6) is 0 Å². The first kappa shape index (κ1) is 23.0. The van der Waals surface area contributed by atoms with Crippen LogP contribution in [-0.2, 0) is 13.1 Å². The summed E-state index contributed by atoms with van der Waals surface area (Å²) in [5.74, 6) is 1.78. The van der Waals surface area contributed by atoms with Crippen molar-refractivity contribution in [3.05, 3.63) is 60.4 Å². The molecule has 2 heterocycles. The van der Waals surface area contributed by atoms with Gasteiger partial charge in [-0.1, -0.05) is 24.3 Å². The van der Waals surface area contributed by atoms with Gasteiger partial charge in [-0.2, -0.15) is 0 Å². The van der Waals surface area contributed by atoms with E-state index in [4.69, 9.17) is 0 Å². The molecule has 3 aromatic rings. The predicted molar refractivity (Wildman–Crippen MR) is 133 cm³/mol. The molecule has 2 N–H and O–H groups in total. The lowest BCUT2D eigenvalue weighted by Crippen LogP contribution is -2.38. The number of halogens is 1. The summed E-state index contributed by atoms with van der Waals surface area (Å²) in [4.78, 5) is 11.3. The van der Waals surface area contributed by atoms with E-state index in [2.05, 4.69) is 68.6 Å². The van der Waals surface area contributed by atoms with E-state index in [1.165, 1.54) is 10.9 Å². The summed E-state index contributed by atoms with van der Waals surface area (Å²) >= 11 is 0. The second kappa shape index (κ2) is 11.6. The smallest absolute Gasteiger partial charge is 0.191 e. The Morgan fingerprint density at radius 1 is 1.07 bits per heavy atom. The molecule has 0 saturated carbocycles. The second-order valence-corrected chi connectivity index (χ2v) is 6.92. The van der Waals surface area contributed by atoms with Crippen molar-refractivity contribution in [3.8, 4) is 0 Å². The minimum Gasteiger partial charge on any atom is -0.363 e. The van der Waals surface area contributed by atoms with E-state index in [0.717, 1.165) is 43.5 Å². The Hall–Kier alpha value is -2.29. The van der Waals surface area contributed by atoms with Gasteiger partial charge in [0.1, 0.15) is 5.82 Å². The highest BCUT2D eigenvalue weighted by molar-refractivity contribution is 14.0. The summed E-state index contributed by atoms with van der Waals surface area (Å²) in [7, 11) is 3.99. The number of nitrogens with zero attached hydrogens (tertiary/aromatic N) is 4. The molecular weight excluding hydrogens is 475 g/mol. The largest absolute Gasteiger partial charge is 0.363 e. The van der Waals surface area contributed by atoms with Gasteiger partial charge in [0.25, 0.3) is 0 Å². The van der Waals surface area contributed by atoms with Crippen LogP contribution in [0, 0.1) is 0 Å². The third kappa shape index (κ3) is 6.62. The molecule has 0 aliphatic carbocycles. The van der Waals surface area contributed by atoms with Gasteiger partial charge in [0.15, 0.2) is 5.96 Å². The average molecular weight is 506 g/mol. The minimum atomic E-state index is 0. The molecule has 0 aliphatic heterocycles. The van der Waals surface area contributed by atoms with Crippen molar-refractivity contribution in [2.24, 2.45) is 4.99 Å². The van der Waals surface area contributed by atoms with E-state index >= 15 is 0 Å². The predicted octanol–water partition coefficient (Wildman–Crippen LogP) is 3.87. The fourth-order valence-corrected chi connectivity index (χ4v) is 3.10. The maximum absolute atomic E-state index is 4.68. The van der Waals surface area contributed by atoms with E-state index in [9.17, 15) is 0 Å². The molecule has 0 saturated heterocycles. The highest BCUT2D eigenvalue weighted by Crippen LogP contribution is 2.15. The number of aliphatic imine (C=N–C) groups is 1. The molecule has 29 heavy (non-hydrogen) atoms. The monoisotopic (exact) mass is 506 g/mol. The molecule has 0 amide bonds. The number of hydrogen-bond acceptors (Lipinski definition) is 3. The number of aryl methyl sites for hydroxylation is 1. The highest BCUT2D eigenvalue weighted by Gasteiger charge is 2.02. The Bertz CT molecular complexity index is 918. The number of fused-ring (bicyclic) bond motifs is 1. The molecule has 7 heteroatoms. The van der Waals surface area contributed by atoms with E-state index in [1.807, 2.05) is 37.2 Å². The molecular formula is C22H31IN6. The van der Waals surface area contributed by atoms with Crippen LogP contribution >= 0.6 is 24.0 Å². The van der Waals surface area contributed by atoms with E-state index < -0.39 is 0 Å². The number of para-hydroxylation sites is 1. The van der Waals surface area contributed by atoms with E-state index in [0.29, 0.717) is 6.54 Å². The van der Waals surface area contributed by atoms with Gasteiger partial charge < -0.3 is 20.1 Å². The molecule has 6 nitrogen and oxygen atoms in total. The zero-order chi connectivity index (χ0) is 19.8. The molecule has 156 valence electrons. The Kier molecular flexibility index (Phi) is 9.24. The molecule has 0 fully saturated rings. The Labute approximate surface area is 190 Å². The van der Waals surface area contributed by atoms with Gasteiger partial charge in [0, 0.05) is 45.4 Å². The average Bonchev–Trinajstić information content (AvgIpc) is 3.12. The number of benzene rings is 1. The first-order valence-corrected chi connectivity index (χ1v) is 9.86. The number of nitrogens with one attached hydrogen (secondary N) is 2. The van der Waals surface area contributed by atoms with Crippen molar-refractivity contribution in [3.63, 3.8) is 0 Å². The first-order chi connectivity index (χ1) is 13.7. The third-order valence-electron chi connectivity index (χ3n) is 4.54. The molecule has 2 aromatic heterocycles. The summed E-state index contributed by atoms with van der Waals surface area (Å²) in [5.41, 5.74) is 2.25. The first-order valence-electron chi connectivity index (χ1n) is 9.86. The molecule has 0 spiro atoms. The second-order valence-electron chi connectivity index (χ2n) is 6.92. The van der Waals surface area contributed by atoms with Crippen molar-refractivity contribution in [2.45, 2.75) is 26.4 Å². The van der Waals surface area contributed by atoms with Crippen LogP contribution in [0.2, 0.25) is 0 Å². The zero-order valence-electron chi connectivity index (χ0n) is 17.4. The van der Waals surface area contributed by atoms with Gasteiger partial charge in [0.05, 0.1) is 12.2 Å². The van der Waals surface area contributed by atoms with Crippen LogP contribution in [0.25, 0.3) is 10.9 Å². The maximum atomic E-state index is 4.68. The lowest BCUT2D eigenvalue weighted by molar-refractivity contribution is 0.640. The van der Waals surface area contributed by atoms with Crippen LogP contribution in [0.1, 0.15) is 19.0 Å². The zero-order valence-corrected chi connectivity index (χ0v) is 19.8. The maximum Gasteiger partial charge on any atom is 0.191 e. The molecule has 0 radical (unpaired) electrons. The standard InChI is InChI=1S/C22H30N6.HI/c1-4-23-22(25-17-19-10-7-12-21(26-19)27(2)3)24-14-8-15-28-16-13-18-9-5-6-11-20(18)28;/h5-7,9-13,16H,4,8,14-15,17H2,1-3H3,(H2,23,24,25);1H. The van der Waals surface area contributed by atoms with Gasteiger partial charge >= 0.3 is 0 Å². The number of guanidine groups is 1. The van der Waals surface area contributed by atoms with Crippen LogP contribution in [0.4, 0.5) is 5.82 Å². The van der Waals surface area contributed by atoms with Crippen molar-refractivity contribution in [1.82, 2.24) is 20.2 Å². The van der Waals surface area contributed by atoms with E-state index in [1.54, 1.807) is 0 Å². The number of hydrogen-bond donors (Lipinski definition) is 2. The normalized spacial score (nSPS) is 11.2. The van der Waals surface area contributed by atoms with E-state index in [-0.39, 0.29) is 24.0 Å². The van der Waals surface area contributed by atoms with Gasteiger partial charge in [-0.3, -0.25) is 0 Å². The molecule has 0 aliphatic rings. The van der Waals surface area contributed by atoms with Crippen molar-refractivity contribution in [1.29, 1.82) is 0 Å². The quantitative estimate of drug-likeness (QED) is 0.211. The Morgan fingerprint density at radius 3 is 2.69 bits per heavy atom. The summed E-state index contributed by atoms with van der Waals surface area (Å²) < 4.78 is 2.30. The van der Waals surface area contributed by atoms with Crippen molar-refractivity contribution >= 4 is 46.7 Å². The third-order valence-corrected chi connectivity index (χ3v) is 4.54. The molecule has 0 atom stereocenters. The summed E-state index contributed by atoms with van der Waals surface area (Å²) in [5, 5.41) is 8.02. The van der Waals surface area contributed by atoms with Crippen LogP contribution in [0.3, 0.4) is 0 Å². The van der Waals surface area contributed by atoms with Crippen LogP contribution in [0.15, 0.2) is 59.7 Å². The lowest BCUT2D eigenvalue weighted by atomic mass is 10.2. The number of rotatable bonds is 8. The minimum absolute atomic E-state index is 0. The van der Waals surface area contributed by atoms with Gasteiger partial charge in [-0.15, -0.1) is 24.0 Å².